The molecule has 1 N–H and O–H groups in total. The highest BCUT2D eigenvalue weighted by Gasteiger charge is 2.35. The lowest BCUT2D eigenvalue weighted by Crippen LogP contribution is -2.48. The SMILES string of the molecule is CCNC(=NCC1CCCOC1C(C)(C)C)N1CCOC(c2cnn(C)c2)C1. The van der Waals surface area contributed by atoms with Gasteiger partial charge in [0.25, 0.3) is 0 Å². The topological polar surface area (TPSA) is 63.9 Å². The third-order valence-electron chi connectivity index (χ3n) is 5.57. The summed E-state index contributed by atoms with van der Waals surface area (Å²) in [5.74, 6) is 1.45. The third-order valence-corrected chi connectivity index (χ3v) is 5.57. The van der Waals surface area contributed by atoms with E-state index in [9.17, 15) is 0 Å². The normalized spacial score (nSPS) is 27.1. The predicted molar refractivity (Wildman–Crippen MR) is 111 cm³/mol. The second-order valence-corrected chi connectivity index (χ2v) is 9.01. The Labute approximate surface area is 169 Å². The van der Waals surface area contributed by atoms with Gasteiger partial charge in [0.15, 0.2) is 5.96 Å². The molecule has 1 aromatic heterocycles. The number of ether oxygens (including phenoxy) is 2. The van der Waals surface area contributed by atoms with Gasteiger partial charge in [-0.2, -0.15) is 5.10 Å². The molecule has 0 amide bonds. The molecule has 3 unspecified atom stereocenters. The molecule has 28 heavy (non-hydrogen) atoms. The van der Waals surface area contributed by atoms with Gasteiger partial charge in [0.05, 0.1) is 25.5 Å². The van der Waals surface area contributed by atoms with Crippen LogP contribution in [0.1, 0.15) is 52.2 Å². The molecule has 3 heterocycles. The first-order chi connectivity index (χ1) is 13.4. The van der Waals surface area contributed by atoms with Crippen molar-refractivity contribution in [1.29, 1.82) is 0 Å². The summed E-state index contributed by atoms with van der Waals surface area (Å²) in [7, 11) is 1.94. The Balaban J connectivity index is 1.69. The fourth-order valence-electron chi connectivity index (χ4n) is 4.27. The molecule has 0 aromatic carbocycles. The molecule has 0 radical (unpaired) electrons. The van der Waals surface area contributed by atoms with Crippen LogP contribution in [0.15, 0.2) is 17.4 Å². The van der Waals surface area contributed by atoms with Gasteiger partial charge in [0.2, 0.25) is 0 Å². The van der Waals surface area contributed by atoms with E-state index in [2.05, 4.69) is 43.0 Å². The number of nitrogens with zero attached hydrogens (tertiary/aromatic N) is 4. The van der Waals surface area contributed by atoms with Crippen molar-refractivity contribution < 1.29 is 9.47 Å². The first kappa shape index (κ1) is 21.1. The number of aryl methyl sites for hydroxylation is 1. The largest absolute Gasteiger partial charge is 0.377 e. The molecule has 7 nitrogen and oxygen atoms in total. The summed E-state index contributed by atoms with van der Waals surface area (Å²) in [5.41, 5.74) is 1.26. The zero-order valence-corrected chi connectivity index (χ0v) is 18.1. The molecule has 0 aliphatic carbocycles. The summed E-state index contributed by atoms with van der Waals surface area (Å²) >= 11 is 0. The molecule has 0 saturated carbocycles. The fraction of sp³-hybridized carbons (Fsp3) is 0.810. The minimum atomic E-state index is 0.0339. The average Bonchev–Trinajstić information content (AvgIpc) is 3.11. The van der Waals surface area contributed by atoms with Crippen molar-refractivity contribution in [3.63, 3.8) is 0 Å². The molecule has 7 heteroatoms. The second-order valence-electron chi connectivity index (χ2n) is 9.01. The maximum absolute atomic E-state index is 6.14. The smallest absolute Gasteiger partial charge is 0.194 e. The van der Waals surface area contributed by atoms with E-state index in [1.54, 1.807) is 0 Å². The molecule has 1 aromatic rings. The van der Waals surface area contributed by atoms with Crippen LogP contribution in [-0.2, 0) is 16.5 Å². The zero-order chi connectivity index (χ0) is 20.1. The number of aliphatic imine (C=N–C) groups is 1. The van der Waals surface area contributed by atoms with E-state index in [0.29, 0.717) is 12.5 Å². The summed E-state index contributed by atoms with van der Waals surface area (Å²) in [5, 5.41) is 7.77. The summed E-state index contributed by atoms with van der Waals surface area (Å²) in [4.78, 5) is 7.35. The highest BCUT2D eigenvalue weighted by atomic mass is 16.5. The lowest BCUT2D eigenvalue weighted by atomic mass is 9.78. The first-order valence-electron chi connectivity index (χ1n) is 10.6. The number of morpholine rings is 1. The third kappa shape index (κ3) is 5.26. The van der Waals surface area contributed by atoms with Crippen molar-refractivity contribution >= 4 is 5.96 Å². The van der Waals surface area contributed by atoms with Crippen LogP contribution in [0.25, 0.3) is 0 Å². The number of guanidine groups is 1. The van der Waals surface area contributed by atoms with Crippen molar-refractivity contribution in [3.8, 4) is 0 Å². The lowest BCUT2D eigenvalue weighted by molar-refractivity contribution is -0.0824. The van der Waals surface area contributed by atoms with Crippen LogP contribution >= 0.6 is 0 Å². The van der Waals surface area contributed by atoms with Crippen LogP contribution in [-0.4, -0.2) is 66.1 Å². The summed E-state index contributed by atoms with van der Waals surface area (Å²) in [6.07, 6.45) is 6.54. The van der Waals surface area contributed by atoms with Gasteiger partial charge in [-0.1, -0.05) is 20.8 Å². The van der Waals surface area contributed by atoms with Crippen LogP contribution < -0.4 is 5.32 Å². The van der Waals surface area contributed by atoms with Gasteiger partial charge < -0.3 is 19.7 Å². The molecule has 0 spiro atoms. The van der Waals surface area contributed by atoms with Crippen molar-refractivity contribution in [3.05, 3.63) is 18.0 Å². The number of aromatic nitrogens is 2. The van der Waals surface area contributed by atoms with E-state index < -0.39 is 0 Å². The van der Waals surface area contributed by atoms with E-state index in [4.69, 9.17) is 14.5 Å². The Hall–Kier alpha value is -1.60. The van der Waals surface area contributed by atoms with E-state index in [1.165, 1.54) is 6.42 Å². The van der Waals surface area contributed by atoms with Gasteiger partial charge in [-0.15, -0.1) is 0 Å². The number of nitrogens with one attached hydrogen (secondary N) is 1. The van der Waals surface area contributed by atoms with Gasteiger partial charge in [-0.25, -0.2) is 0 Å². The summed E-state index contributed by atoms with van der Waals surface area (Å²) < 4.78 is 14.0. The average molecular weight is 392 g/mol. The summed E-state index contributed by atoms with van der Waals surface area (Å²) in [6.45, 7) is 13.8. The van der Waals surface area contributed by atoms with Crippen LogP contribution in [0, 0.1) is 11.3 Å². The number of hydrogen-bond donors (Lipinski definition) is 1. The van der Waals surface area contributed by atoms with Crippen LogP contribution in [0.4, 0.5) is 0 Å². The minimum Gasteiger partial charge on any atom is -0.377 e. The molecule has 2 aliphatic heterocycles. The lowest BCUT2D eigenvalue weighted by Gasteiger charge is -2.40. The van der Waals surface area contributed by atoms with E-state index >= 15 is 0 Å². The summed E-state index contributed by atoms with van der Waals surface area (Å²) in [6, 6.07) is 0. The van der Waals surface area contributed by atoms with Crippen molar-refractivity contribution in [2.45, 2.75) is 52.7 Å². The second kappa shape index (κ2) is 9.27. The van der Waals surface area contributed by atoms with E-state index in [0.717, 1.165) is 50.7 Å². The zero-order valence-electron chi connectivity index (χ0n) is 18.1. The Morgan fingerprint density at radius 1 is 1.32 bits per heavy atom. The van der Waals surface area contributed by atoms with Crippen molar-refractivity contribution in [2.24, 2.45) is 23.4 Å². The van der Waals surface area contributed by atoms with Crippen molar-refractivity contribution in [1.82, 2.24) is 20.0 Å². The molecular weight excluding hydrogens is 354 g/mol. The number of hydrogen-bond acceptors (Lipinski definition) is 4. The molecule has 158 valence electrons. The molecular formula is C21H37N5O2. The van der Waals surface area contributed by atoms with Gasteiger partial charge in [0, 0.05) is 51.0 Å². The molecule has 2 saturated heterocycles. The van der Waals surface area contributed by atoms with Crippen molar-refractivity contribution in [2.75, 3.05) is 39.4 Å². The Bertz CT molecular complexity index is 651. The van der Waals surface area contributed by atoms with Gasteiger partial charge in [0.1, 0.15) is 6.10 Å². The van der Waals surface area contributed by atoms with Crippen LogP contribution in [0.5, 0.6) is 0 Å². The van der Waals surface area contributed by atoms with Crippen LogP contribution in [0.3, 0.4) is 0 Å². The standard InChI is InChI=1S/C21H37N5O2/c1-6-22-20(23-12-16-8-7-10-28-19(16)21(2,3)4)26-9-11-27-18(15-26)17-13-24-25(5)14-17/h13-14,16,18-19H,6-12,15H2,1-5H3,(H,22,23). The first-order valence-corrected chi connectivity index (χ1v) is 10.6. The van der Waals surface area contributed by atoms with E-state index in [-0.39, 0.29) is 17.6 Å². The highest BCUT2D eigenvalue weighted by molar-refractivity contribution is 5.80. The van der Waals surface area contributed by atoms with E-state index in [1.807, 2.05) is 24.1 Å². The van der Waals surface area contributed by atoms with Crippen LogP contribution in [0.2, 0.25) is 0 Å². The maximum Gasteiger partial charge on any atom is 0.194 e. The van der Waals surface area contributed by atoms with Gasteiger partial charge >= 0.3 is 0 Å². The highest BCUT2D eigenvalue weighted by Crippen LogP contribution is 2.34. The Morgan fingerprint density at radius 3 is 2.82 bits per heavy atom. The van der Waals surface area contributed by atoms with Gasteiger partial charge in [-0.05, 0) is 25.2 Å². The predicted octanol–water partition coefficient (Wildman–Crippen LogP) is 2.60. The molecule has 3 rings (SSSR count). The Morgan fingerprint density at radius 2 is 2.14 bits per heavy atom. The fourth-order valence-corrected chi connectivity index (χ4v) is 4.27. The van der Waals surface area contributed by atoms with Gasteiger partial charge in [-0.3, -0.25) is 9.67 Å². The molecule has 2 fully saturated rings. The number of rotatable bonds is 4. The quantitative estimate of drug-likeness (QED) is 0.631. The monoisotopic (exact) mass is 391 g/mol. The molecule has 0 bridgehead atoms. The molecule has 2 aliphatic rings. The maximum atomic E-state index is 6.14. The Kier molecular flexibility index (Phi) is 6.99. The minimum absolute atomic E-state index is 0.0339. The molecule has 3 atom stereocenters.